The molecule has 1 N–H and O–H groups in total. The molecule has 6 nitrogen and oxygen atoms in total. The molecule has 0 spiro atoms. The summed E-state index contributed by atoms with van der Waals surface area (Å²) in [5.41, 5.74) is 2.41. The van der Waals surface area contributed by atoms with Crippen LogP contribution in [0.2, 0.25) is 0 Å². The van der Waals surface area contributed by atoms with Crippen LogP contribution in [0.25, 0.3) is 0 Å². The van der Waals surface area contributed by atoms with Gasteiger partial charge >= 0.3 is 0 Å². The Balaban J connectivity index is 0.00000320. The van der Waals surface area contributed by atoms with Gasteiger partial charge in [0.25, 0.3) is 0 Å². The van der Waals surface area contributed by atoms with E-state index in [-0.39, 0.29) is 35.8 Å². The maximum absolute atomic E-state index is 12.4. The van der Waals surface area contributed by atoms with Crippen molar-refractivity contribution < 1.29 is 13.2 Å². The van der Waals surface area contributed by atoms with Crippen molar-refractivity contribution in [2.45, 2.75) is 24.3 Å². The second-order valence-electron chi connectivity index (χ2n) is 7.12. The van der Waals surface area contributed by atoms with E-state index in [1.54, 1.807) is 31.3 Å². The quantitative estimate of drug-likeness (QED) is 0.262. The Labute approximate surface area is 196 Å². The fraction of sp³-hybridized carbons (Fsp3) is 0.409. The molecule has 8 heteroatoms. The highest BCUT2D eigenvalue weighted by molar-refractivity contribution is 14.0. The van der Waals surface area contributed by atoms with Gasteiger partial charge in [0.05, 0.1) is 23.8 Å². The minimum absolute atomic E-state index is 0. The number of aliphatic imine (C=N–C) groups is 1. The Morgan fingerprint density at radius 2 is 1.87 bits per heavy atom. The third kappa shape index (κ3) is 6.42. The van der Waals surface area contributed by atoms with Crippen molar-refractivity contribution in [1.82, 2.24) is 10.2 Å². The van der Waals surface area contributed by atoms with Gasteiger partial charge in [0.2, 0.25) is 0 Å². The zero-order valence-electron chi connectivity index (χ0n) is 17.5. The van der Waals surface area contributed by atoms with Crippen molar-refractivity contribution in [3.8, 4) is 0 Å². The molecule has 164 valence electrons. The molecule has 1 heterocycles. The Morgan fingerprint density at radius 3 is 2.57 bits per heavy atom. The first-order valence-electron chi connectivity index (χ1n) is 9.92. The van der Waals surface area contributed by atoms with E-state index in [2.05, 4.69) is 34.3 Å². The summed E-state index contributed by atoms with van der Waals surface area (Å²) in [7, 11) is -1.50. The van der Waals surface area contributed by atoms with Gasteiger partial charge < -0.3 is 15.0 Å². The lowest BCUT2D eigenvalue weighted by molar-refractivity contribution is -0.00829. The number of nitrogens with zero attached hydrogens (tertiary/aromatic N) is 2. The molecule has 0 amide bonds. The van der Waals surface area contributed by atoms with E-state index in [0.29, 0.717) is 31.0 Å². The first-order chi connectivity index (χ1) is 14.0. The van der Waals surface area contributed by atoms with Crippen molar-refractivity contribution in [3.63, 3.8) is 0 Å². The largest absolute Gasteiger partial charge is 0.370 e. The number of sulfone groups is 1. The lowest BCUT2D eigenvalue weighted by Crippen LogP contribution is -2.48. The maximum Gasteiger partial charge on any atom is 0.193 e. The first kappa shape index (κ1) is 24.6. The Kier molecular flexibility index (Phi) is 9.57. The summed E-state index contributed by atoms with van der Waals surface area (Å²) < 4.78 is 30.8. The maximum atomic E-state index is 12.4. The number of benzene rings is 2. The molecule has 0 aliphatic carbocycles. The molecule has 2 aromatic rings. The molecule has 1 unspecified atom stereocenters. The molecule has 1 atom stereocenters. The second kappa shape index (κ2) is 11.7. The standard InChI is InChI=1S/C22H29N3O3S.HI/c1-18-9-6-7-12-20(18)21-17-25(14-15-28-21)22(23-2)24-13-8-16-29(26,27)19-10-4-3-5-11-19;/h3-7,9-12,21H,8,13-17H2,1-2H3,(H,23,24);1H. The second-order valence-corrected chi connectivity index (χ2v) is 9.23. The SMILES string of the molecule is CN=C(NCCCS(=O)(=O)c1ccccc1)N1CCOC(c2ccccc2C)C1.I. The van der Waals surface area contributed by atoms with E-state index < -0.39 is 9.84 Å². The average molecular weight is 543 g/mol. The van der Waals surface area contributed by atoms with Crippen molar-refractivity contribution in [2.75, 3.05) is 39.0 Å². The minimum Gasteiger partial charge on any atom is -0.370 e. The molecule has 0 radical (unpaired) electrons. The highest BCUT2D eigenvalue weighted by Gasteiger charge is 2.25. The van der Waals surface area contributed by atoms with Gasteiger partial charge in [0.15, 0.2) is 15.8 Å². The molecule has 2 aromatic carbocycles. The van der Waals surface area contributed by atoms with Crippen LogP contribution in [0, 0.1) is 6.92 Å². The van der Waals surface area contributed by atoms with Crippen molar-refractivity contribution in [2.24, 2.45) is 4.99 Å². The summed E-state index contributed by atoms with van der Waals surface area (Å²) in [6, 6.07) is 16.9. The van der Waals surface area contributed by atoms with Crippen molar-refractivity contribution in [3.05, 3.63) is 65.7 Å². The summed E-state index contributed by atoms with van der Waals surface area (Å²) in [5, 5.41) is 3.31. The van der Waals surface area contributed by atoms with E-state index in [0.717, 1.165) is 12.5 Å². The smallest absolute Gasteiger partial charge is 0.193 e. The van der Waals surface area contributed by atoms with Gasteiger partial charge in [-0.25, -0.2) is 8.42 Å². The third-order valence-corrected chi connectivity index (χ3v) is 6.90. The summed E-state index contributed by atoms with van der Waals surface area (Å²) in [6.07, 6.45) is 0.517. The van der Waals surface area contributed by atoms with Gasteiger partial charge in [-0.05, 0) is 36.6 Å². The van der Waals surface area contributed by atoms with E-state index in [1.807, 2.05) is 18.2 Å². The molecule has 1 aliphatic heterocycles. The number of halogens is 1. The van der Waals surface area contributed by atoms with Crippen LogP contribution in [0.1, 0.15) is 23.7 Å². The summed E-state index contributed by atoms with van der Waals surface area (Å²) in [4.78, 5) is 6.93. The molecule has 1 fully saturated rings. The molecular weight excluding hydrogens is 513 g/mol. The number of rotatable bonds is 6. The van der Waals surface area contributed by atoms with Crippen LogP contribution in [-0.2, 0) is 14.6 Å². The highest BCUT2D eigenvalue weighted by Crippen LogP contribution is 2.25. The number of hydrogen-bond acceptors (Lipinski definition) is 4. The van der Waals surface area contributed by atoms with E-state index in [9.17, 15) is 8.42 Å². The highest BCUT2D eigenvalue weighted by atomic mass is 127. The summed E-state index contributed by atoms with van der Waals surface area (Å²) >= 11 is 0. The van der Waals surface area contributed by atoms with E-state index in [4.69, 9.17) is 4.74 Å². The fourth-order valence-electron chi connectivity index (χ4n) is 3.52. The van der Waals surface area contributed by atoms with Gasteiger partial charge in [0, 0.05) is 20.1 Å². The van der Waals surface area contributed by atoms with Gasteiger partial charge in [0.1, 0.15) is 6.10 Å². The van der Waals surface area contributed by atoms with Crippen LogP contribution in [-0.4, -0.2) is 58.3 Å². The number of guanidine groups is 1. The normalized spacial score (nSPS) is 17.3. The Bertz CT molecular complexity index is 936. The van der Waals surface area contributed by atoms with Crippen LogP contribution >= 0.6 is 24.0 Å². The topological polar surface area (TPSA) is 71.0 Å². The van der Waals surface area contributed by atoms with Gasteiger partial charge in [-0.1, -0.05) is 42.5 Å². The van der Waals surface area contributed by atoms with E-state index >= 15 is 0 Å². The lowest BCUT2D eigenvalue weighted by Gasteiger charge is -2.35. The van der Waals surface area contributed by atoms with Crippen LogP contribution in [0.15, 0.2) is 64.5 Å². The number of hydrogen-bond donors (Lipinski definition) is 1. The Hall–Kier alpha value is -1.65. The molecular formula is C22H30IN3O3S. The molecule has 3 rings (SSSR count). The predicted octanol–water partition coefficient (Wildman–Crippen LogP) is 3.43. The van der Waals surface area contributed by atoms with Crippen molar-refractivity contribution >= 4 is 39.8 Å². The molecule has 30 heavy (non-hydrogen) atoms. The zero-order valence-corrected chi connectivity index (χ0v) is 20.6. The van der Waals surface area contributed by atoms with Gasteiger partial charge in [-0.3, -0.25) is 4.99 Å². The third-order valence-electron chi connectivity index (χ3n) is 5.09. The van der Waals surface area contributed by atoms with Gasteiger partial charge in [-0.2, -0.15) is 0 Å². The van der Waals surface area contributed by atoms with E-state index in [1.165, 1.54) is 11.1 Å². The molecule has 1 saturated heterocycles. The number of nitrogens with one attached hydrogen (secondary N) is 1. The molecule has 0 saturated carbocycles. The molecule has 0 bridgehead atoms. The predicted molar refractivity (Wildman–Crippen MR) is 131 cm³/mol. The first-order valence-corrected chi connectivity index (χ1v) is 11.6. The van der Waals surface area contributed by atoms with Crippen LogP contribution in [0.4, 0.5) is 0 Å². The molecule has 0 aromatic heterocycles. The lowest BCUT2D eigenvalue weighted by atomic mass is 10.0. The average Bonchev–Trinajstić information content (AvgIpc) is 2.75. The van der Waals surface area contributed by atoms with Crippen LogP contribution in [0.3, 0.4) is 0 Å². The molecule has 1 aliphatic rings. The zero-order chi connectivity index (χ0) is 20.7. The number of morpholine rings is 1. The summed E-state index contributed by atoms with van der Waals surface area (Å²) in [5.74, 6) is 0.889. The minimum atomic E-state index is -3.25. The monoisotopic (exact) mass is 543 g/mol. The number of aryl methyl sites for hydroxylation is 1. The van der Waals surface area contributed by atoms with Crippen LogP contribution < -0.4 is 5.32 Å². The number of ether oxygens (including phenoxy) is 1. The fourth-order valence-corrected chi connectivity index (χ4v) is 4.85. The van der Waals surface area contributed by atoms with Crippen molar-refractivity contribution in [1.29, 1.82) is 0 Å². The van der Waals surface area contributed by atoms with Gasteiger partial charge in [-0.15, -0.1) is 24.0 Å². The summed E-state index contributed by atoms with van der Waals surface area (Å²) in [6.45, 7) is 4.74. The van der Waals surface area contributed by atoms with Crippen LogP contribution in [0.5, 0.6) is 0 Å². The Morgan fingerprint density at radius 1 is 1.17 bits per heavy atom.